The quantitative estimate of drug-likeness (QED) is 0.793. The Bertz CT molecular complexity index is 453. The number of rotatable bonds is 7. The van der Waals surface area contributed by atoms with E-state index >= 15 is 0 Å². The second kappa shape index (κ2) is 7.64. The fraction of sp³-hybridized carbons (Fsp3) is 0.462. The maximum atomic E-state index is 12.3. The summed E-state index contributed by atoms with van der Waals surface area (Å²) < 4.78 is 33.8. The molecule has 1 amide bonds. The molecule has 0 fully saturated rings. The van der Waals surface area contributed by atoms with Gasteiger partial charge >= 0.3 is 6.61 Å². The highest BCUT2D eigenvalue weighted by Crippen LogP contribution is 2.29. The van der Waals surface area contributed by atoms with Crippen LogP contribution < -0.4 is 20.5 Å². The number of methoxy groups -OCH3 is 1. The van der Waals surface area contributed by atoms with E-state index in [-0.39, 0.29) is 17.4 Å². The summed E-state index contributed by atoms with van der Waals surface area (Å²) >= 11 is 0. The first-order valence-electron chi connectivity index (χ1n) is 6.09. The van der Waals surface area contributed by atoms with Gasteiger partial charge in [0.05, 0.1) is 13.2 Å². The minimum absolute atomic E-state index is 0.0291. The molecule has 0 aliphatic carbocycles. The molecule has 5 nitrogen and oxygen atoms in total. The molecule has 3 N–H and O–H groups in total. The highest BCUT2D eigenvalue weighted by atomic mass is 19.3. The van der Waals surface area contributed by atoms with Crippen molar-refractivity contribution >= 4 is 5.91 Å². The Morgan fingerprint density at radius 1 is 1.40 bits per heavy atom. The zero-order valence-corrected chi connectivity index (χ0v) is 11.4. The van der Waals surface area contributed by atoms with Crippen molar-refractivity contribution in [3.05, 3.63) is 23.8 Å². The normalized spacial score (nSPS) is 12.1. The highest BCUT2D eigenvalue weighted by Gasteiger charge is 2.11. The molecule has 0 aliphatic heterocycles. The SMILES string of the molecule is COc1ccc(CCNC(=O)[C@@H](C)N)cc1OC(F)F. The molecule has 1 aromatic rings. The van der Waals surface area contributed by atoms with Crippen LogP contribution in [0.1, 0.15) is 12.5 Å². The molecule has 0 aliphatic rings. The molecule has 0 aromatic heterocycles. The molecule has 7 heteroatoms. The molecule has 0 saturated heterocycles. The number of hydrogen-bond acceptors (Lipinski definition) is 4. The van der Waals surface area contributed by atoms with Crippen molar-refractivity contribution < 1.29 is 23.0 Å². The smallest absolute Gasteiger partial charge is 0.387 e. The zero-order valence-electron chi connectivity index (χ0n) is 11.4. The third kappa shape index (κ3) is 5.00. The minimum atomic E-state index is -2.92. The Balaban J connectivity index is 2.64. The summed E-state index contributed by atoms with van der Waals surface area (Å²) in [7, 11) is 1.37. The molecular weight excluding hydrogens is 270 g/mol. The molecule has 0 radical (unpaired) electrons. The number of hydrogen-bond donors (Lipinski definition) is 2. The van der Waals surface area contributed by atoms with Crippen molar-refractivity contribution in [2.75, 3.05) is 13.7 Å². The lowest BCUT2D eigenvalue weighted by atomic mass is 10.1. The largest absolute Gasteiger partial charge is 0.493 e. The van der Waals surface area contributed by atoms with Crippen molar-refractivity contribution in [2.24, 2.45) is 5.73 Å². The van der Waals surface area contributed by atoms with Gasteiger partial charge in [0.15, 0.2) is 11.5 Å². The summed E-state index contributed by atoms with van der Waals surface area (Å²) in [5.74, 6) is -0.0604. The maximum absolute atomic E-state index is 12.3. The average Bonchev–Trinajstić information content (AvgIpc) is 2.38. The van der Waals surface area contributed by atoms with Crippen LogP contribution in [0.25, 0.3) is 0 Å². The van der Waals surface area contributed by atoms with Gasteiger partial charge in [-0.25, -0.2) is 0 Å². The number of nitrogens with one attached hydrogen (secondary N) is 1. The van der Waals surface area contributed by atoms with Crippen LogP contribution >= 0.6 is 0 Å². The third-order valence-electron chi connectivity index (χ3n) is 2.57. The first-order valence-corrected chi connectivity index (χ1v) is 6.09. The van der Waals surface area contributed by atoms with Crippen LogP contribution in [0, 0.1) is 0 Å². The van der Waals surface area contributed by atoms with Gasteiger partial charge in [-0.2, -0.15) is 8.78 Å². The molecule has 1 aromatic carbocycles. The van der Waals surface area contributed by atoms with Gasteiger partial charge in [-0.1, -0.05) is 6.07 Å². The number of carbonyl (C=O) groups is 1. The van der Waals surface area contributed by atoms with Gasteiger partial charge in [0.1, 0.15) is 0 Å². The Kier molecular flexibility index (Phi) is 6.17. The van der Waals surface area contributed by atoms with Crippen molar-refractivity contribution in [1.82, 2.24) is 5.32 Å². The molecule has 0 bridgehead atoms. The van der Waals surface area contributed by atoms with Gasteiger partial charge in [0.2, 0.25) is 5.91 Å². The molecule has 0 spiro atoms. The number of halogens is 2. The fourth-order valence-corrected chi connectivity index (χ4v) is 1.56. The number of alkyl halides is 2. The molecule has 20 heavy (non-hydrogen) atoms. The van der Waals surface area contributed by atoms with E-state index in [2.05, 4.69) is 10.1 Å². The highest BCUT2D eigenvalue weighted by molar-refractivity contribution is 5.80. The van der Waals surface area contributed by atoms with Gasteiger partial charge in [0, 0.05) is 6.54 Å². The van der Waals surface area contributed by atoms with Crippen LogP contribution in [-0.4, -0.2) is 32.2 Å². The topological polar surface area (TPSA) is 73.6 Å². The third-order valence-corrected chi connectivity index (χ3v) is 2.57. The zero-order chi connectivity index (χ0) is 15.1. The van der Waals surface area contributed by atoms with E-state index in [4.69, 9.17) is 10.5 Å². The van der Waals surface area contributed by atoms with E-state index in [0.29, 0.717) is 13.0 Å². The lowest BCUT2D eigenvalue weighted by Crippen LogP contribution is -2.39. The van der Waals surface area contributed by atoms with Crippen LogP contribution in [0.2, 0.25) is 0 Å². The number of nitrogens with two attached hydrogens (primary N) is 1. The number of benzene rings is 1. The fourth-order valence-electron chi connectivity index (χ4n) is 1.56. The summed E-state index contributed by atoms with van der Waals surface area (Å²) in [4.78, 5) is 11.3. The predicted molar refractivity (Wildman–Crippen MR) is 70.0 cm³/mol. The van der Waals surface area contributed by atoms with Crippen LogP contribution in [0.15, 0.2) is 18.2 Å². The van der Waals surface area contributed by atoms with E-state index in [1.807, 2.05) is 0 Å². The van der Waals surface area contributed by atoms with Crippen LogP contribution in [0.4, 0.5) is 8.78 Å². The van der Waals surface area contributed by atoms with Crippen molar-refractivity contribution in [3.8, 4) is 11.5 Å². The van der Waals surface area contributed by atoms with Gasteiger partial charge in [0.25, 0.3) is 0 Å². The Morgan fingerprint density at radius 3 is 2.65 bits per heavy atom. The van der Waals surface area contributed by atoms with Crippen LogP contribution in [0.5, 0.6) is 11.5 Å². The molecule has 112 valence electrons. The lowest BCUT2D eigenvalue weighted by molar-refractivity contribution is -0.121. The molecule has 1 atom stereocenters. The van der Waals surface area contributed by atoms with E-state index in [9.17, 15) is 13.6 Å². The Labute approximate surface area is 116 Å². The van der Waals surface area contributed by atoms with Crippen LogP contribution in [-0.2, 0) is 11.2 Å². The second-order valence-electron chi connectivity index (χ2n) is 4.19. The summed E-state index contributed by atoms with van der Waals surface area (Å²) in [6.07, 6.45) is 0.474. The molecule has 0 heterocycles. The van der Waals surface area contributed by atoms with E-state index in [0.717, 1.165) is 5.56 Å². The van der Waals surface area contributed by atoms with Gasteiger partial charge < -0.3 is 20.5 Å². The maximum Gasteiger partial charge on any atom is 0.387 e. The minimum Gasteiger partial charge on any atom is -0.493 e. The number of carbonyl (C=O) groups excluding carboxylic acids is 1. The molecule has 0 saturated carbocycles. The standard InChI is InChI=1S/C13H18F2N2O3/c1-8(16)12(18)17-6-5-9-3-4-10(19-2)11(7-9)20-13(14)15/h3-4,7-8,13H,5-6,16H2,1-2H3,(H,17,18)/t8-/m1/s1. The monoisotopic (exact) mass is 288 g/mol. The lowest BCUT2D eigenvalue weighted by Gasteiger charge is -2.12. The molecule has 1 rings (SSSR count). The number of amides is 1. The number of ether oxygens (including phenoxy) is 2. The Hall–Kier alpha value is -1.89. The summed E-state index contributed by atoms with van der Waals surface area (Å²) in [5, 5.41) is 2.64. The van der Waals surface area contributed by atoms with Gasteiger partial charge in [-0.15, -0.1) is 0 Å². The summed E-state index contributed by atoms with van der Waals surface area (Å²) in [5.41, 5.74) is 6.14. The van der Waals surface area contributed by atoms with Crippen molar-refractivity contribution in [1.29, 1.82) is 0 Å². The average molecular weight is 288 g/mol. The summed E-state index contributed by atoms with van der Waals surface area (Å²) in [6.45, 7) is -0.977. The second-order valence-corrected chi connectivity index (χ2v) is 4.19. The van der Waals surface area contributed by atoms with Crippen molar-refractivity contribution in [3.63, 3.8) is 0 Å². The molecular formula is C13H18F2N2O3. The predicted octanol–water partition coefficient (Wildman–Crippen LogP) is 1.30. The summed E-state index contributed by atoms with van der Waals surface area (Å²) in [6, 6.07) is 4.14. The van der Waals surface area contributed by atoms with Crippen molar-refractivity contribution in [2.45, 2.75) is 26.0 Å². The van der Waals surface area contributed by atoms with Gasteiger partial charge in [-0.3, -0.25) is 4.79 Å². The van der Waals surface area contributed by atoms with E-state index < -0.39 is 12.7 Å². The first kappa shape index (κ1) is 16.2. The Morgan fingerprint density at radius 2 is 2.10 bits per heavy atom. The van der Waals surface area contributed by atoms with Gasteiger partial charge in [-0.05, 0) is 31.0 Å². The van der Waals surface area contributed by atoms with E-state index in [1.165, 1.54) is 13.2 Å². The molecule has 0 unspecified atom stereocenters. The van der Waals surface area contributed by atoms with E-state index in [1.54, 1.807) is 19.1 Å². The first-order chi connectivity index (χ1) is 9.43. The van der Waals surface area contributed by atoms with Crippen LogP contribution in [0.3, 0.4) is 0 Å².